The zero-order valence-electron chi connectivity index (χ0n) is 15.0. The number of hydrogen-bond acceptors (Lipinski definition) is 4. The van der Waals surface area contributed by atoms with E-state index in [0.29, 0.717) is 12.2 Å². The van der Waals surface area contributed by atoms with Crippen LogP contribution >= 0.6 is 0 Å². The SMILES string of the molecule is CCCC[C@]12CCCCC1=C(O)C(=O)[C@@]2(C)C(=O)Oc1ccccc1. The molecule has 4 nitrogen and oxygen atoms in total. The highest BCUT2D eigenvalue weighted by atomic mass is 16.5. The first kappa shape index (κ1) is 17.7. The van der Waals surface area contributed by atoms with E-state index >= 15 is 0 Å². The molecule has 4 heteroatoms. The van der Waals surface area contributed by atoms with Crippen LogP contribution in [-0.4, -0.2) is 16.9 Å². The number of allylic oxidation sites excluding steroid dienone is 2. The Labute approximate surface area is 148 Å². The molecule has 0 saturated heterocycles. The van der Waals surface area contributed by atoms with E-state index in [-0.39, 0.29) is 5.76 Å². The van der Waals surface area contributed by atoms with Crippen molar-refractivity contribution in [1.29, 1.82) is 0 Å². The number of benzene rings is 1. The van der Waals surface area contributed by atoms with Gasteiger partial charge in [-0.3, -0.25) is 9.59 Å². The monoisotopic (exact) mass is 342 g/mol. The van der Waals surface area contributed by atoms with Crippen LogP contribution in [0.25, 0.3) is 0 Å². The molecule has 2 aliphatic carbocycles. The second kappa shape index (κ2) is 6.66. The summed E-state index contributed by atoms with van der Waals surface area (Å²) in [6, 6.07) is 8.82. The lowest BCUT2D eigenvalue weighted by atomic mass is 9.56. The van der Waals surface area contributed by atoms with Crippen molar-refractivity contribution in [2.24, 2.45) is 10.8 Å². The minimum Gasteiger partial charge on any atom is -0.504 e. The van der Waals surface area contributed by atoms with Gasteiger partial charge in [0.1, 0.15) is 11.2 Å². The van der Waals surface area contributed by atoms with E-state index in [4.69, 9.17) is 4.74 Å². The number of fused-ring (bicyclic) bond motifs is 1. The number of unbranched alkanes of at least 4 members (excludes halogenated alkanes) is 1. The van der Waals surface area contributed by atoms with Gasteiger partial charge in [-0.05, 0) is 50.3 Å². The number of carbonyl (C=O) groups is 2. The Morgan fingerprint density at radius 3 is 2.64 bits per heavy atom. The standard InChI is InChI=1S/C21H26O4/c1-3-4-13-21-14-9-8-12-16(21)17(22)18(23)20(21,2)19(24)25-15-10-6-5-7-11-15/h5-7,10-11,22H,3-4,8-9,12-14H2,1-2H3/t20-,21-/m0/s1. The average Bonchev–Trinajstić information content (AvgIpc) is 2.81. The molecule has 0 heterocycles. The number of ether oxygens (including phenoxy) is 1. The Morgan fingerprint density at radius 1 is 1.24 bits per heavy atom. The van der Waals surface area contributed by atoms with Crippen LogP contribution in [0, 0.1) is 10.8 Å². The van der Waals surface area contributed by atoms with E-state index in [9.17, 15) is 14.7 Å². The number of para-hydroxylation sites is 1. The third-order valence-electron chi connectivity index (χ3n) is 6.09. The minimum atomic E-state index is -1.35. The molecule has 1 saturated carbocycles. The van der Waals surface area contributed by atoms with E-state index < -0.39 is 22.6 Å². The molecular formula is C21H26O4. The fourth-order valence-corrected chi connectivity index (χ4v) is 4.60. The van der Waals surface area contributed by atoms with Gasteiger partial charge < -0.3 is 9.84 Å². The van der Waals surface area contributed by atoms with E-state index in [0.717, 1.165) is 44.1 Å². The van der Waals surface area contributed by atoms with Crippen molar-refractivity contribution in [1.82, 2.24) is 0 Å². The van der Waals surface area contributed by atoms with Gasteiger partial charge in [-0.1, -0.05) is 44.4 Å². The van der Waals surface area contributed by atoms with Crippen molar-refractivity contribution < 1.29 is 19.4 Å². The topological polar surface area (TPSA) is 63.6 Å². The number of carbonyl (C=O) groups excluding carboxylic acids is 2. The van der Waals surface area contributed by atoms with Crippen molar-refractivity contribution in [3.8, 4) is 5.75 Å². The van der Waals surface area contributed by atoms with Crippen molar-refractivity contribution in [3.63, 3.8) is 0 Å². The van der Waals surface area contributed by atoms with Gasteiger partial charge in [0.15, 0.2) is 5.76 Å². The fourth-order valence-electron chi connectivity index (χ4n) is 4.60. The highest BCUT2D eigenvalue weighted by Gasteiger charge is 2.66. The highest BCUT2D eigenvalue weighted by Crippen LogP contribution is 2.62. The number of ketones is 1. The number of rotatable bonds is 5. The summed E-state index contributed by atoms with van der Waals surface area (Å²) < 4.78 is 5.58. The molecule has 0 aromatic heterocycles. The third kappa shape index (κ3) is 2.59. The third-order valence-corrected chi connectivity index (χ3v) is 6.09. The lowest BCUT2D eigenvalue weighted by Crippen LogP contribution is -2.50. The minimum absolute atomic E-state index is 0.191. The number of Topliss-reactive ketones (excluding diaryl/α,β-unsaturated/α-hetero) is 1. The Morgan fingerprint density at radius 2 is 1.96 bits per heavy atom. The van der Waals surface area contributed by atoms with Crippen LogP contribution in [0.4, 0.5) is 0 Å². The summed E-state index contributed by atoms with van der Waals surface area (Å²) >= 11 is 0. The maximum Gasteiger partial charge on any atom is 0.326 e. The van der Waals surface area contributed by atoms with Crippen LogP contribution in [0.3, 0.4) is 0 Å². The summed E-state index contributed by atoms with van der Waals surface area (Å²) in [5.41, 5.74) is -1.17. The first-order chi connectivity index (χ1) is 12.0. The van der Waals surface area contributed by atoms with Crippen LogP contribution in [0.15, 0.2) is 41.7 Å². The summed E-state index contributed by atoms with van der Waals surface area (Å²) in [5, 5.41) is 10.5. The smallest absolute Gasteiger partial charge is 0.326 e. The molecule has 2 atom stereocenters. The van der Waals surface area contributed by atoms with Gasteiger partial charge in [-0.2, -0.15) is 0 Å². The van der Waals surface area contributed by atoms with E-state index in [1.807, 2.05) is 6.07 Å². The first-order valence-corrected chi connectivity index (χ1v) is 9.22. The van der Waals surface area contributed by atoms with E-state index in [2.05, 4.69) is 6.92 Å². The first-order valence-electron chi connectivity index (χ1n) is 9.22. The molecule has 2 aliphatic rings. The summed E-state index contributed by atoms with van der Waals surface area (Å²) in [4.78, 5) is 26.1. The molecular weight excluding hydrogens is 316 g/mol. The molecule has 1 aromatic rings. The van der Waals surface area contributed by atoms with Crippen LogP contribution < -0.4 is 4.74 Å². The molecule has 0 amide bonds. The second-order valence-corrected chi connectivity index (χ2v) is 7.38. The highest BCUT2D eigenvalue weighted by molar-refractivity contribution is 6.15. The van der Waals surface area contributed by atoms with Gasteiger partial charge in [0.2, 0.25) is 5.78 Å². The van der Waals surface area contributed by atoms with Gasteiger partial charge in [0, 0.05) is 5.41 Å². The van der Waals surface area contributed by atoms with Crippen molar-refractivity contribution in [2.45, 2.75) is 58.8 Å². The van der Waals surface area contributed by atoms with Crippen LogP contribution in [0.1, 0.15) is 58.8 Å². The summed E-state index contributed by atoms with van der Waals surface area (Å²) in [6.07, 6.45) is 5.97. The molecule has 25 heavy (non-hydrogen) atoms. The summed E-state index contributed by atoms with van der Waals surface area (Å²) in [6.45, 7) is 3.77. The normalized spacial score (nSPS) is 28.8. The molecule has 1 fully saturated rings. The molecule has 0 unspecified atom stereocenters. The Bertz CT molecular complexity index is 706. The number of esters is 1. The predicted molar refractivity (Wildman–Crippen MR) is 95.3 cm³/mol. The fraction of sp³-hybridized carbons (Fsp3) is 0.524. The van der Waals surface area contributed by atoms with E-state index in [1.165, 1.54) is 0 Å². The van der Waals surface area contributed by atoms with Crippen molar-refractivity contribution >= 4 is 11.8 Å². The summed E-state index contributed by atoms with van der Waals surface area (Å²) in [5.74, 6) is -0.788. The molecule has 0 radical (unpaired) electrons. The van der Waals surface area contributed by atoms with Gasteiger partial charge >= 0.3 is 5.97 Å². The molecule has 3 rings (SSSR count). The Kier molecular flexibility index (Phi) is 4.72. The molecule has 0 aliphatic heterocycles. The van der Waals surface area contributed by atoms with Crippen LogP contribution in [-0.2, 0) is 9.59 Å². The van der Waals surface area contributed by atoms with Crippen molar-refractivity contribution in [3.05, 3.63) is 41.7 Å². The molecule has 0 bridgehead atoms. The maximum atomic E-state index is 13.1. The molecule has 1 aromatic carbocycles. The average molecular weight is 342 g/mol. The van der Waals surface area contributed by atoms with E-state index in [1.54, 1.807) is 31.2 Å². The number of hydrogen-bond donors (Lipinski definition) is 1. The van der Waals surface area contributed by atoms with Crippen LogP contribution in [0.2, 0.25) is 0 Å². The lowest BCUT2D eigenvalue weighted by molar-refractivity contribution is -0.158. The Balaban J connectivity index is 2.02. The lowest BCUT2D eigenvalue weighted by Gasteiger charge is -2.45. The van der Waals surface area contributed by atoms with Gasteiger partial charge in [-0.25, -0.2) is 0 Å². The van der Waals surface area contributed by atoms with Crippen molar-refractivity contribution in [2.75, 3.05) is 0 Å². The quantitative estimate of drug-likeness (QED) is 0.477. The molecule has 134 valence electrons. The predicted octanol–water partition coefficient (Wildman–Crippen LogP) is 4.74. The molecule has 1 N–H and O–H groups in total. The number of aliphatic hydroxyl groups is 1. The largest absolute Gasteiger partial charge is 0.504 e. The number of aliphatic hydroxyl groups excluding tert-OH is 1. The van der Waals surface area contributed by atoms with Gasteiger partial charge in [0.05, 0.1) is 0 Å². The van der Waals surface area contributed by atoms with Crippen LogP contribution in [0.5, 0.6) is 5.75 Å². The maximum absolute atomic E-state index is 13.1. The van der Waals surface area contributed by atoms with Gasteiger partial charge in [-0.15, -0.1) is 0 Å². The second-order valence-electron chi connectivity index (χ2n) is 7.38. The zero-order valence-corrected chi connectivity index (χ0v) is 15.0. The van der Waals surface area contributed by atoms with Gasteiger partial charge in [0.25, 0.3) is 0 Å². The summed E-state index contributed by atoms with van der Waals surface area (Å²) in [7, 11) is 0. The Hall–Kier alpha value is -2.10. The molecule has 0 spiro atoms. The zero-order chi connectivity index (χ0) is 18.1.